The summed E-state index contributed by atoms with van der Waals surface area (Å²) in [5.41, 5.74) is 1.38. The van der Waals surface area contributed by atoms with Crippen molar-refractivity contribution >= 4 is 43.7 Å². The lowest BCUT2D eigenvalue weighted by molar-refractivity contribution is 0.392. The maximum absolute atomic E-state index is 13.4. The van der Waals surface area contributed by atoms with E-state index in [1.165, 1.54) is 23.5 Å². The van der Waals surface area contributed by atoms with E-state index < -0.39 is 0 Å². The molecule has 0 bridgehead atoms. The second kappa shape index (κ2) is 8.16. The van der Waals surface area contributed by atoms with E-state index >= 15 is 0 Å². The van der Waals surface area contributed by atoms with Gasteiger partial charge in [0.25, 0.3) is 0 Å². The Balaban J connectivity index is 1.90. The zero-order chi connectivity index (χ0) is 21.3. The fourth-order valence-electron chi connectivity index (χ4n) is 3.34. The molecular formula is C22H19FN2O4S. The van der Waals surface area contributed by atoms with Gasteiger partial charge < -0.3 is 18.9 Å². The number of thiazole rings is 1. The smallest absolute Gasteiger partial charge is 0.210 e. The van der Waals surface area contributed by atoms with Crippen LogP contribution in [0.4, 0.5) is 9.52 Å². The number of aromatic nitrogens is 1. The van der Waals surface area contributed by atoms with Crippen molar-refractivity contribution in [2.75, 3.05) is 28.4 Å². The van der Waals surface area contributed by atoms with Crippen molar-refractivity contribution in [2.45, 2.75) is 0 Å². The van der Waals surface area contributed by atoms with Gasteiger partial charge in [-0.15, -0.1) is 0 Å². The molecule has 0 aliphatic rings. The highest BCUT2D eigenvalue weighted by molar-refractivity contribution is 7.22. The van der Waals surface area contributed by atoms with Crippen molar-refractivity contribution in [2.24, 2.45) is 4.99 Å². The van der Waals surface area contributed by atoms with Gasteiger partial charge in [-0.25, -0.2) is 14.4 Å². The molecule has 0 atom stereocenters. The number of ether oxygens (including phenoxy) is 4. The van der Waals surface area contributed by atoms with Gasteiger partial charge in [0.1, 0.15) is 28.8 Å². The second-order valence-electron chi connectivity index (χ2n) is 6.29. The van der Waals surface area contributed by atoms with Gasteiger partial charge in [0.15, 0.2) is 0 Å². The Morgan fingerprint density at radius 2 is 1.57 bits per heavy atom. The summed E-state index contributed by atoms with van der Waals surface area (Å²) in [5.74, 6) is 2.11. The van der Waals surface area contributed by atoms with Gasteiger partial charge in [-0.05, 0) is 36.4 Å². The minimum atomic E-state index is -0.302. The minimum Gasteiger partial charge on any atom is -0.496 e. The largest absolute Gasteiger partial charge is 0.496 e. The summed E-state index contributed by atoms with van der Waals surface area (Å²) in [7, 11) is 6.35. The molecule has 0 radical (unpaired) electrons. The molecule has 3 aromatic carbocycles. The molecule has 0 aliphatic heterocycles. The third kappa shape index (κ3) is 3.39. The monoisotopic (exact) mass is 426 g/mol. The van der Waals surface area contributed by atoms with Gasteiger partial charge >= 0.3 is 0 Å². The molecule has 8 heteroatoms. The lowest BCUT2D eigenvalue weighted by Crippen LogP contribution is -1.99. The molecule has 0 N–H and O–H groups in total. The predicted octanol–water partition coefficient (Wildman–Crippen LogP) is 5.37. The molecule has 0 saturated heterocycles. The van der Waals surface area contributed by atoms with Crippen LogP contribution in [0.15, 0.2) is 41.4 Å². The molecule has 0 spiro atoms. The molecule has 0 saturated carbocycles. The molecule has 1 heterocycles. The summed E-state index contributed by atoms with van der Waals surface area (Å²) >= 11 is 1.31. The lowest BCUT2D eigenvalue weighted by Gasteiger charge is -2.17. The first-order valence-electron chi connectivity index (χ1n) is 8.99. The van der Waals surface area contributed by atoms with E-state index in [0.29, 0.717) is 44.6 Å². The van der Waals surface area contributed by atoms with Gasteiger partial charge in [-0.3, -0.25) is 0 Å². The highest BCUT2D eigenvalue weighted by Gasteiger charge is 2.20. The van der Waals surface area contributed by atoms with E-state index in [2.05, 4.69) is 9.98 Å². The quantitative estimate of drug-likeness (QED) is 0.388. The Hall–Kier alpha value is -3.39. The van der Waals surface area contributed by atoms with E-state index in [1.54, 1.807) is 40.7 Å². The standard InChI is InChI=1S/C22H19FN2O4S/c1-26-15-7-8-16(27-2)20-19(15)17(28-3)9-12(21(20)29-4)11-24-22-25-14-6-5-13(23)10-18(14)30-22/h5-11H,1-4H3. The summed E-state index contributed by atoms with van der Waals surface area (Å²) in [6, 6.07) is 9.91. The van der Waals surface area contributed by atoms with Gasteiger partial charge in [-0.1, -0.05) is 11.3 Å². The van der Waals surface area contributed by atoms with E-state index in [1.807, 2.05) is 18.2 Å². The Bertz CT molecular complexity index is 1270. The van der Waals surface area contributed by atoms with Gasteiger partial charge in [-0.2, -0.15) is 0 Å². The highest BCUT2D eigenvalue weighted by atomic mass is 32.1. The Morgan fingerprint density at radius 1 is 0.867 bits per heavy atom. The molecule has 4 aromatic rings. The number of halogens is 1. The average Bonchev–Trinajstić information content (AvgIpc) is 3.17. The SMILES string of the molecule is COc1ccc(OC)c2c(OC)c(C=Nc3nc4ccc(F)cc4s3)cc(OC)c12. The third-order valence-corrected chi connectivity index (χ3v) is 5.59. The zero-order valence-electron chi connectivity index (χ0n) is 16.9. The Kier molecular flexibility index (Phi) is 5.41. The molecular weight excluding hydrogens is 407 g/mol. The fourth-order valence-corrected chi connectivity index (χ4v) is 4.18. The molecule has 30 heavy (non-hydrogen) atoms. The summed E-state index contributed by atoms with van der Waals surface area (Å²) in [6.45, 7) is 0. The van der Waals surface area contributed by atoms with Crippen LogP contribution < -0.4 is 18.9 Å². The van der Waals surface area contributed by atoms with E-state index in [0.717, 1.165) is 10.1 Å². The molecule has 0 unspecified atom stereocenters. The number of fused-ring (bicyclic) bond motifs is 2. The summed E-state index contributed by atoms with van der Waals surface area (Å²) in [5, 5.41) is 1.96. The van der Waals surface area contributed by atoms with E-state index in [9.17, 15) is 4.39 Å². The zero-order valence-corrected chi connectivity index (χ0v) is 17.7. The number of hydrogen-bond acceptors (Lipinski definition) is 7. The Labute approximate surface area is 176 Å². The topological polar surface area (TPSA) is 62.2 Å². The Morgan fingerprint density at radius 3 is 2.23 bits per heavy atom. The van der Waals surface area contributed by atoms with Crippen LogP contribution in [-0.4, -0.2) is 39.6 Å². The first-order chi connectivity index (χ1) is 14.6. The highest BCUT2D eigenvalue weighted by Crippen LogP contribution is 2.46. The van der Waals surface area contributed by atoms with Gasteiger partial charge in [0.05, 0.1) is 49.4 Å². The molecule has 0 fully saturated rings. The summed E-state index contributed by atoms with van der Waals surface area (Å²) in [4.78, 5) is 8.91. The number of aliphatic imine (C=N–C) groups is 1. The van der Waals surface area contributed by atoms with Crippen molar-refractivity contribution in [1.29, 1.82) is 0 Å². The van der Waals surface area contributed by atoms with Crippen LogP contribution in [0, 0.1) is 5.82 Å². The second-order valence-corrected chi connectivity index (χ2v) is 7.30. The molecule has 154 valence electrons. The van der Waals surface area contributed by atoms with Crippen LogP contribution in [0.2, 0.25) is 0 Å². The molecule has 4 rings (SSSR count). The van der Waals surface area contributed by atoms with Crippen molar-refractivity contribution in [3.8, 4) is 23.0 Å². The van der Waals surface area contributed by atoms with Gasteiger partial charge in [0, 0.05) is 11.8 Å². The predicted molar refractivity (Wildman–Crippen MR) is 117 cm³/mol. The van der Waals surface area contributed by atoms with Crippen molar-refractivity contribution < 1.29 is 23.3 Å². The van der Waals surface area contributed by atoms with Crippen molar-refractivity contribution in [3.63, 3.8) is 0 Å². The van der Waals surface area contributed by atoms with Crippen LogP contribution in [0.5, 0.6) is 23.0 Å². The maximum atomic E-state index is 13.4. The number of benzene rings is 3. The first kappa shape index (κ1) is 19.9. The lowest BCUT2D eigenvalue weighted by atomic mass is 10.0. The summed E-state index contributed by atoms with van der Waals surface area (Å²) in [6.07, 6.45) is 1.65. The van der Waals surface area contributed by atoms with Crippen molar-refractivity contribution in [3.05, 3.63) is 47.8 Å². The number of rotatable bonds is 6. The molecule has 0 amide bonds. The molecule has 1 aromatic heterocycles. The van der Waals surface area contributed by atoms with Crippen LogP contribution in [-0.2, 0) is 0 Å². The number of nitrogens with zero attached hydrogens (tertiary/aromatic N) is 2. The normalized spacial score (nSPS) is 11.4. The third-order valence-electron chi connectivity index (χ3n) is 4.67. The van der Waals surface area contributed by atoms with Crippen LogP contribution in [0.25, 0.3) is 21.0 Å². The summed E-state index contributed by atoms with van der Waals surface area (Å²) < 4.78 is 36.6. The minimum absolute atomic E-state index is 0.302. The van der Waals surface area contributed by atoms with Crippen LogP contribution in [0.3, 0.4) is 0 Å². The number of methoxy groups -OCH3 is 4. The average molecular weight is 426 g/mol. The first-order valence-corrected chi connectivity index (χ1v) is 9.81. The van der Waals surface area contributed by atoms with Crippen LogP contribution in [0.1, 0.15) is 5.56 Å². The number of hydrogen-bond donors (Lipinski definition) is 0. The van der Waals surface area contributed by atoms with E-state index in [-0.39, 0.29) is 5.82 Å². The van der Waals surface area contributed by atoms with E-state index in [4.69, 9.17) is 18.9 Å². The maximum Gasteiger partial charge on any atom is 0.210 e. The fraction of sp³-hybridized carbons (Fsp3) is 0.182. The molecule has 6 nitrogen and oxygen atoms in total. The van der Waals surface area contributed by atoms with Crippen molar-refractivity contribution in [1.82, 2.24) is 4.98 Å². The molecule has 0 aliphatic carbocycles. The van der Waals surface area contributed by atoms with Gasteiger partial charge in [0.2, 0.25) is 5.13 Å². The van der Waals surface area contributed by atoms with Crippen LogP contribution >= 0.6 is 11.3 Å².